The van der Waals surface area contributed by atoms with Crippen LogP contribution in [0, 0.1) is 0 Å². The van der Waals surface area contributed by atoms with E-state index in [0.29, 0.717) is 0 Å². The second kappa shape index (κ2) is 4.72. The van der Waals surface area contributed by atoms with Crippen LogP contribution in [0.15, 0.2) is 30.3 Å². The second-order valence-corrected chi connectivity index (χ2v) is 3.09. The summed E-state index contributed by atoms with van der Waals surface area (Å²) in [6, 6.07) is 9.34. The Morgan fingerprint density at radius 3 is 2.62 bits per heavy atom. The van der Waals surface area contributed by atoms with Gasteiger partial charge >= 0.3 is 6.09 Å². The third kappa shape index (κ3) is 3.34. The first-order valence-electron chi connectivity index (χ1n) is 3.86. The van der Waals surface area contributed by atoms with Crippen LogP contribution in [0.3, 0.4) is 0 Å². The molecule has 13 heavy (non-hydrogen) atoms. The molecule has 0 aromatic heterocycles. The monoisotopic (exact) mass is 199 g/mol. The van der Waals surface area contributed by atoms with Gasteiger partial charge in [0.1, 0.15) is 0 Å². The van der Waals surface area contributed by atoms with Crippen molar-refractivity contribution in [3.05, 3.63) is 35.9 Å². The zero-order chi connectivity index (χ0) is 9.68. The standard InChI is InChI=1S/C9H10ClNO2/c10-8(6-11-9(12)13)7-4-2-1-3-5-7/h1-5,8,11H,6H2,(H,12,13). The highest BCUT2D eigenvalue weighted by Gasteiger charge is 2.07. The van der Waals surface area contributed by atoms with Crippen LogP contribution in [0.2, 0.25) is 0 Å². The van der Waals surface area contributed by atoms with Gasteiger partial charge in [0.05, 0.1) is 5.38 Å². The summed E-state index contributed by atoms with van der Waals surface area (Å²) in [4.78, 5) is 10.2. The SMILES string of the molecule is O=C(O)NCC(Cl)c1ccccc1. The summed E-state index contributed by atoms with van der Waals surface area (Å²) in [6.07, 6.45) is -1.05. The van der Waals surface area contributed by atoms with Gasteiger partial charge in [-0.25, -0.2) is 4.79 Å². The van der Waals surface area contributed by atoms with Crippen LogP contribution in [0.25, 0.3) is 0 Å². The molecule has 1 unspecified atom stereocenters. The number of halogens is 1. The molecule has 1 atom stereocenters. The molecule has 1 amide bonds. The summed E-state index contributed by atoms with van der Waals surface area (Å²) in [6.45, 7) is 0.223. The quantitative estimate of drug-likeness (QED) is 0.734. The molecular weight excluding hydrogens is 190 g/mol. The molecule has 0 radical (unpaired) electrons. The molecule has 0 aliphatic heterocycles. The normalized spacial score (nSPS) is 12.1. The van der Waals surface area contributed by atoms with Crippen LogP contribution in [0.1, 0.15) is 10.9 Å². The summed E-state index contributed by atoms with van der Waals surface area (Å²) < 4.78 is 0. The van der Waals surface area contributed by atoms with Crippen molar-refractivity contribution in [2.24, 2.45) is 0 Å². The maximum atomic E-state index is 10.2. The smallest absolute Gasteiger partial charge is 0.404 e. The van der Waals surface area contributed by atoms with Crippen molar-refractivity contribution in [1.82, 2.24) is 5.32 Å². The third-order valence-electron chi connectivity index (χ3n) is 1.59. The molecule has 0 aliphatic rings. The van der Waals surface area contributed by atoms with E-state index in [1.165, 1.54) is 0 Å². The van der Waals surface area contributed by atoms with E-state index in [2.05, 4.69) is 5.32 Å². The van der Waals surface area contributed by atoms with Crippen LogP contribution >= 0.6 is 11.6 Å². The summed E-state index contributed by atoms with van der Waals surface area (Å²) in [5.41, 5.74) is 0.915. The lowest BCUT2D eigenvalue weighted by Crippen LogP contribution is -2.24. The molecule has 2 N–H and O–H groups in total. The lowest BCUT2D eigenvalue weighted by molar-refractivity contribution is 0.194. The van der Waals surface area contributed by atoms with E-state index in [4.69, 9.17) is 16.7 Å². The van der Waals surface area contributed by atoms with Crippen molar-refractivity contribution in [2.75, 3.05) is 6.54 Å². The van der Waals surface area contributed by atoms with Crippen molar-refractivity contribution in [1.29, 1.82) is 0 Å². The number of carbonyl (C=O) groups is 1. The predicted molar refractivity (Wildman–Crippen MR) is 51.1 cm³/mol. The molecule has 70 valence electrons. The minimum Gasteiger partial charge on any atom is -0.465 e. The Labute approximate surface area is 81.3 Å². The van der Waals surface area contributed by atoms with E-state index < -0.39 is 6.09 Å². The van der Waals surface area contributed by atoms with Crippen LogP contribution in [-0.2, 0) is 0 Å². The van der Waals surface area contributed by atoms with Gasteiger partial charge in [0.15, 0.2) is 0 Å². The van der Waals surface area contributed by atoms with Crippen molar-refractivity contribution in [2.45, 2.75) is 5.38 Å². The number of hydrogen-bond donors (Lipinski definition) is 2. The average Bonchev–Trinajstić information content (AvgIpc) is 2.15. The van der Waals surface area contributed by atoms with Gasteiger partial charge in [-0.05, 0) is 5.56 Å². The van der Waals surface area contributed by atoms with E-state index in [1.54, 1.807) is 0 Å². The summed E-state index contributed by atoms with van der Waals surface area (Å²) in [7, 11) is 0. The maximum Gasteiger partial charge on any atom is 0.404 e. The molecule has 3 nitrogen and oxygen atoms in total. The van der Waals surface area contributed by atoms with E-state index in [0.717, 1.165) is 5.56 Å². The largest absolute Gasteiger partial charge is 0.465 e. The van der Waals surface area contributed by atoms with Crippen molar-refractivity contribution < 1.29 is 9.90 Å². The lowest BCUT2D eigenvalue weighted by atomic mass is 10.1. The fraction of sp³-hybridized carbons (Fsp3) is 0.222. The number of alkyl halides is 1. The number of rotatable bonds is 3. The molecule has 1 aromatic carbocycles. The molecule has 0 aliphatic carbocycles. The Morgan fingerprint density at radius 1 is 1.46 bits per heavy atom. The average molecular weight is 200 g/mol. The van der Waals surface area contributed by atoms with Crippen LogP contribution in [0.4, 0.5) is 4.79 Å². The number of hydrogen-bond acceptors (Lipinski definition) is 1. The van der Waals surface area contributed by atoms with Crippen LogP contribution < -0.4 is 5.32 Å². The summed E-state index contributed by atoms with van der Waals surface area (Å²) in [5.74, 6) is 0. The second-order valence-electron chi connectivity index (χ2n) is 2.56. The summed E-state index contributed by atoms with van der Waals surface area (Å²) in [5, 5.41) is 10.3. The van der Waals surface area contributed by atoms with Crippen LogP contribution in [-0.4, -0.2) is 17.7 Å². The number of benzene rings is 1. The Balaban J connectivity index is 2.49. The van der Waals surface area contributed by atoms with Gasteiger partial charge in [0, 0.05) is 6.54 Å². The van der Waals surface area contributed by atoms with Gasteiger partial charge in [-0.15, -0.1) is 11.6 Å². The Bertz CT molecular complexity index is 276. The third-order valence-corrected chi connectivity index (χ3v) is 2.00. The zero-order valence-corrected chi connectivity index (χ0v) is 7.66. The van der Waals surface area contributed by atoms with Gasteiger partial charge in [0.25, 0.3) is 0 Å². The lowest BCUT2D eigenvalue weighted by Gasteiger charge is -2.08. The molecule has 0 saturated carbocycles. The molecule has 0 heterocycles. The van der Waals surface area contributed by atoms with Gasteiger partial charge in [-0.2, -0.15) is 0 Å². The van der Waals surface area contributed by atoms with E-state index >= 15 is 0 Å². The number of nitrogens with one attached hydrogen (secondary N) is 1. The number of amides is 1. The molecule has 4 heteroatoms. The van der Waals surface area contributed by atoms with Gasteiger partial charge in [-0.3, -0.25) is 0 Å². The first-order chi connectivity index (χ1) is 6.20. The van der Waals surface area contributed by atoms with E-state index in [1.807, 2.05) is 30.3 Å². The Hall–Kier alpha value is -1.22. The van der Waals surface area contributed by atoms with Crippen molar-refractivity contribution in [3.8, 4) is 0 Å². The molecule has 1 rings (SSSR count). The molecule has 0 saturated heterocycles. The van der Waals surface area contributed by atoms with Gasteiger partial charge in [0.2, 0.25) is 0 Å². The highest BCUT2D eigenvalue weighted by molar-refractivity contribution is 6.21. The zero-order valence-electron chi connectivity index (χ0n) is 6.90. The highest BCUT2D eigenvalue weighted by Crippen LogP contribution is 2.18. The molecule has 1 aromatic rings. The molecule has 0 spiro atoms. The molecule has 0 fully saturated rings. The minimum absolute atomic E-state index is 0.223. The fourth-order valence-electron chi connectivity index (χ4n) is 0.957. The predicted octanol–water partition coefficient (Wildman–Crippen LogP) is 2.23. The van der Waals surface area contributed by atoms with Crippen LogP contribution in [0.5, 0.6) is 0 Å². The fourth-order valence-corrected chi connectivity index (χ4v) is 1.18. The van der Waals surface area contributed by atoms with Gasteiger partial charge in [-0.1, -0.05) is 30.3 Å². The highest BCUT2D eigenvalue weighted by atomic mass is 35.5. The van der Waals surface area contributed by atoms with E-state index in [9.17, 15) is 4.79 Å². The van der Waals surface area contributed by atoms with Gasteiger partial charge < -0.3 is 10.4 Å². The topological polar surface area (TPSA) is 49.3 Å². The van der Waals surface area contributed by atoms with E-state index in [-0.39, 0.29) is 11.9 Å². The molecular formula is C9H10ClNO2. The Kier molecular flexibility index (Phi) is 3.58. The molecule has 0 bridgehead atoms. The van der Waals surface area contributed by atoms with Crippen molar-refractivity contribution in [3.63, 3.8) is 0 Å². The first kappa shape index (κ1) is 9.86. The summed E-state index contributed by atoms with van der Waals surface area (Å²) >= 11 is 5.92. The first-order valence-corrected chi connectivity index (χ1v) is 4.29. The number of carboxylic acid groups (broad SMARTS) is 1. The maximum absolute atomic E-state index is 10.2. The Morgan fingerprint density at radius 2 is 2.08 bits per heavy atom. The van der Waals surface area contributed by atoms with Crippen molar-refractivity contribution >= 4 is 17.7 Å². The minimum atomic E-state index is -1.05.